The highest BCUT2D eigenvalue weighted by Gasteiger charge is 2.28. The van der Waals surface area contributed by atoms with E-state index in [0.717, 1.165) is 34.8 Å². The molecule has 1 heterocycles. The van der Waals surface area contributed by atoms with Crippen LogP contribution in [0, 0.1) is 0 Å². The van der Waals surface area contributed by atoms with E-state index in [-0.39, 0.29) is 5.56 Å². The Hall–Kier alpha value is -2.80. The van der Waals surface area contributed by atoms with Crippen LogP contribution < -0.4 is 10.9 Å². The number of carboxylic acid groups (broad SMARTS) is 1. The number of hydrogen-bond donors (Lipinski definition) is 2. The summed E-state index contributed by atoms with van der Waals surface area (Å²) in [4.78, 5) is 29.8. The molecule has 0 saturated carbocycles. The molecule has 0 fully saturated rings. The van der Waals surface area contributed by atoms with E-state index in [0.29, 0.717) is 18.5 Å². The first kappa shape index (κ1) is 21.9. The lowest BCUT2D eigenvalue weighted by Gasteiger charge is -2.18. The lowest BCUT2D eigenvalue weighted by molar-refractivity contribution is -0.138. The third-order valence-corrected chi connectivity index (χ3v) is 6.01. The Bertz CT molecular complexity index is 1090. The van der Waals surface area contributed by atoms with E-state index < -0.39 is 10.7 Å². The average molecular weight is 426 g/mol. The predicted molar refractivity (Wildman–Crippen MR) is 123 cm³/mol. The van der Waals surface area contributed by atoms with Gasteiger partial charge in [-0.25, -0.2) is 4.98 Å². The number of thioether (sulfide) groups is 1. The quantitative estimate of drug-likeness (QED) is 0.494. The van der Waals surface area contributed by atoms with Gasteiger partial charge in [0.15, 0.2) is 0 Å². The summed E-state index contributed by atoms with van der Waals surface area (Å²) in [7, 11) is 0. The number of carbonyl (C=O) groups is 1. The van der Waals surface area contributed by atoms with Crippen molar-refractivity contribution in [2.75, 3.05) is 11.9 Å². The molecule has 0 radical (unpaired) electrons. The molecule has 0 bridgehead atoms. The number of benzene rings is 2. The van der Waals surface area contributed by atoms with Gasteiger partial charge in [0.1, 0.15) is 10.6 Å². The van der Waals surface area contributed by atoms with Gasteiger partial charge in [-0.05, 0) is 56.7 Å². The van der Waals surface area contributed by atoms with Gasteiger partial charge in [-0.1, -0.05) is 19.1 Å². The molecule has 0 amide bonds. The fourth-order valence-electron chi connectivity index (χ4n) is 3.15. The van der Waals surface area contributed by atoms with E-state index in [1.54, 1.807) is 18.4 Å². The zero-order valence-electron chi connectivity index (χ0n) is 17.5. The number of nitrogens with zero attached hydrogens (tertiary/aromatic N) is 2. The van der Waals surface area contributed by atoms with Crippen LogP contribution in [-0.2, 0) is 17.8 Å². The molecule has 0 spiro atoms. The van der Waals surface area contributed by atoms with Crippen LogP contribution in [0.4, 0.5) is 5.69 Å². The molecule has 3 aromatic rings. The minimum atomic E-state index is -0.880. The highest BCUT2D eigenvalue weighted by molar-refractivity contribution is 8.01. The first-order valence-electron chi connectivity index (χ1n) is 10.1. The van der Waals surface area contributed by atoms with Crippen molar-refractivity contribution in [2.45, 2.75) is 49.8 Å². The SMILES string of the molecule is CCCc1nc2ccccc2c(=O)n1CCNc1ccc(SC(C)(C)C(=O)O)cc1. The van der Waals surface area contributed by atoms with Gasteiger partial charge in [-0.2, -0.15) is 0 Å². The number of anilines is 1. The summed E-state index contributed by atoms with van der Waals surface area (Å²) in [5, 5.41) is 13.2. The molecule has 2 N–H and O–H groups in total. The molecular weight excluding hydrogens is 398 g/mol. The zero-order valence-corrected chi connectivity index (χ0v) is 18.3. The number of rotatable bonds is 9. The van der Waals surface area contributed by atoms with Crippen LogP contribution in [-0.4, -0.2) is 31.9 Å². The van der Waals surface area contributed by atoms with Crippen LogP contribution in [0.3, 0.4) is 0 Å². The smallest absolute Gasteiger partial charge is 0.319 e. The molecule has 0 saturated heterocycles. The lowest BCUT2D eigenvalue weighted by atomic mass is 10.2. The van der Waals surface area contributed by atoms with Crippen molar-refractivity contribution in [1.82, 2.24) is 9.55 Å². The summed E-state index contributed by atoms with van der Waals surface area (Å²) in [5.41, 5.74) is 1.66. The van der Waals surface area contributed by atoms with Crippen molar-refractivity contribution in [1.29, 1.82) is 0 Å². The highest BCUT2D eigenvalue weighted by atomic mass is 32.2. The van der Waals surface area contributed by atoms with Gasteiger partial charge in [0.05, 0.1) is 10.9 Å². The second-order valence-electron chi connectivity index (χ2n) is 7.62. The summed E-state index contributed by atoms with van der Waals surface area (Å²) >= 11 is 1.31. The van der Waals surface area contributed by atoms with Crippen LogP contribution >= 0.6 is 11.8 Å². The monoisotopic (exact) mass is 425 g/mol. The van der Waals surface area contributed by atoms with E-state index in [2.05, 4.69) is 12.2 Å². The van der Waals surface area contributed by atoms with E-state index in [4.69, 9.17) is 4.98 Å². The summed E-state index contributed by atoms with van der Waals surface area (Å²) < 4.78 is 0.882. The Morgan fingerprint density at radius 2 is 1.87 bits per heavy atom. The molecule has 6 nitrogen and oxygen atoms in total. The number of aryl methyl sites for hydroxylation is 1. The van der Waals surface area contributed by atoms with Crippen LogP contribution in [0.5, 0.6) is 0 Å². The van der Waals surface area contributed by atoms with Gasteiger partial charge in [-0.15, -0.1) is 11.8 Å². The van der Waals surface area contributed by atoms with Gasteiger partial charge in [0, 0.05) is 30.1 Å². The van der Waals surface area contributed by atoms with Gasteiger partial charge in [0.2, 0.25) is 0 Å². The second kappa shape index (κ2) is 9.34. The third kappa shape index (κ3) is 5.02. The van der Waals surface area contributed by atoms with Crippen molar-refractivity contribution in [3.05, 3.63) is 64.7 Å². The molecule has 0 aliphatic carbocycles. The minimum Gasteiger partial charge on any atom is -0.480 e. The first-order valence-corrected chi connectivity index (χ1v) is 10.9. The molecule has 2 aromatic carbocycles. The minimum absolute atomic E-state index is 0.00602. The van der Waals surface area contributed by atoms with E-state index in [9.17, 15) is 14.7 Å². The van der Waals surface area contributed by atoms with E-state index in [1.807, 2.05) is 48.5 Å². The predicted octanol–water partition coefficient (Wildman–Crippen LogP) is 4.42. The molecule has 0 atom stereocenters. The summed E-state index contributed by atoms with van der Waals surface area (Å²) in [5.74, 6) is -0.0299. The largest absolute Gasteiger partial charge is 0.480 e. The highest BCUT2D eigenvalue weighted by Crippen LogP contribution is 2.33. The normalized spacial score (nSPS) is 11.6. The van der Waals surface area contributed by atoms with Crippen molar-refractivity contribution in [3.63, 3.8) is 0 Å². The van der Waals surface area contributed by atoms with E-state index in [1.165, 1.54) is 11.8 Å². The van der Waals surface area contributed by atoms with Crippen molar-refractivity contribution in [2.24, 2.45) is 0 Å². The van der Waals surface area contributed by atoms with Gasteiger partial charge < -0.3 is 10.4 Å². The summed E-state index contributed by atoms with van der Waals surface area (Å²) in [6.07, 6.45) is 1.68. The molecule has 1 aromatic heterocycles. The molecule has 0 unspecified atom stereocenters. The van der Waals surface area contributed by atoms with Gasteiger partial charge in [-0.3, -0.25) is 14.2 Å². The fraction of sp³-hybridized carbons (Fsp3) is 0.348. The Morgan fingerprint density at radius 3 is 2.53 bits per heavy atom. The Kier molecular flexibility index (Phi) is 6.82. The number of carboxylic acids is 1. The Morgan fingerprint density at radius 1 is 1.17 bits per heavy atom. The molecule has 30 heavy (non-hydrogen) atoms. The number of para-hydroxylation sites is 1. The molecule has 7 heteroatoms. The first-order chi connectivity index (χ1) is 14.3. The average Bonchev–Trinajstić information content (AvgIpc) is 2.71. The third-order valence-electron chi connectivity index (χ3n) is 4.82. The maximum Gasteiger partial charge on any atom is 0.319 e. The van der Waals surface area contributed by atoms with Crippen molar-refractivity contribution < 1.29 is 9.90 Å². The summed E-state index contributed by atoms with van der Waals surface area (Å²) in [6.45, 7) is 6.57. The number of hydrogen-bond acceptors (Lipinski definition) is 5. The van der Waals surface area contributed by atoms with Crippen molar-refractivity contribution >= 4 is 34.3 Å². The van der Waals surface area contributed by atoms with Gasteiger partial charge >= 0.3 is 5.97 Å². The van der Waals surface area contributed by atoms with Crippen LogP contribution in [0.2, 0.25) is 0 Å². The maximum absolute atomic E-state index is 12.9. The van der Waals surface area contributed by atoms with Gasteiger partial charge in [0.25, 0.3) is 5.56 Å². The molecule has 3 rings (SSSR count). The van der Waals surface area contributed by atoms with Crippen LogP contribution in [0.15, 0.2) is 58.2 Å². The lowest BCUT2D eigenvalue weighted by Crippen LogP contribution is -2.28. The molecule has 0 aliphatic rings. The molecule has 0 aliphatic heterocycles. The Balaban J connectivity index is 1.70. The topological polar surface area (TPSA) is 84.2 Å². The number of aromatic nitrogens is 2. The second-order valence-corrected chi connectivity index (χ2v) is 9.32. The maximum atomic E-state index is 12.9. The zero-order chi connectivity index (χ0) is 21.7. The van der Waals surface area contributed by atoms with Crippen LogP contribution in [0.1, 0.15) is 33.0 Å². The van der Waals surface area contributed by atoms with Crippen LogP contribution in [0.25, 0.3) is 10.9 Å². The van der Waals surface area contributed by atoms with E-state index >= 15 is 0 Å². The van der Waals surface area contributed by atoms with Crippen molar-refractivity contribution in [3.8, 4) is 0 Å². The number of nitrogens with one attached hydrogen (secondary N) is 1. The number of aliphatic carboxylic acids is 1. The standard InChI is InChI=1S/C23H27N3O3S/c1-4-7-20-25-19-9-6-5-8-18(19)21(27)26(20)15-14-24-16-10-12-17(13-11-16)30-23(2,3)22(28)29/h5-6,8-13,24H,4,7,14-15H2,1-3H3,(H,28,29). The summed E-state index contributed by atoms with van der Waals surface area (Å²) in [6, 6.07) is 15.1. The number of fused-ring (bicyclic) bond motifs is 1. The fourth-order valence-corrected chi connectivity index (χ4v) is 4.10. The molecular formula is C23H27N3O3S. The molecule has 158 valence electrons. The Labute approximate surface area is 180 Å².